The van der Waals surface area contributed by atoms with Gasteiger partial charge in [-0.1, -0.05) is 36.4 Å². The minimum absolute atomic E-state index is 0.223. The molecule has 1 amide bonds. The second-order valence-electron chi connectivity index (χ2n) is 7.95. The number of ether oxygens (including phenoxy) is 2. The fourth-order valence-corrected chi connectivity index (χ4v) is 3.92. The third-order valence-corrected chi connectivity index (χ3v) is 5.67. The van der Waals surface area contributed by atoms with Crippen LogP contribution in [0.1, 0.15) is 11.1 Å². The molecule has 168 valence electrons. The van der Waals surface area contributed by atoms with E-state index in [9.17, 15) is 4.79 Å². The van der Waals surface area contributed by atoms with Crippen molar-refractivity contribution in [2.75, 3.05) is 43.2 Å². The number of rotatable bonds is 6. The summed E-state index contributed by atoms with van der Waals surface area (Å²) in [6, 6.07) is 17.9. The summed E-state index contributed by atoms with van der Waals surface area (Å²) in [7, 11) is 0. The maximum absolute atomic E-state index is 12.4. The van der Waals surface area contributed by atoms with Crippen LogP contribution >= 0.6 is 0 Å². The van der Waals surface area contributed by atoms with Crippen LogP contribution in [-0.4, -0.2) is 53.7 Å². The van der Waals surface area contributed by atoms with E-state index in [0.717, 1.165) is 44.1 Å². The molecule has 2 aromatic carbocycles. The Kier molecular flexibility index (Phi) is 6.16. The molecule has 0 atom stereocenters. The van der Waals surface area contributed by atoms with E-state index in [1.54, 1.807) is 6.08 Å². The van der Waals surface area contributed by atoms with Crippen LogP contribution in [0.3, 0.4) is 0 Å². The van der Waals surface area contributed by atoms with Crippen molar-refractivity contribution in [2.24, 2.45) is 0 Å². The summed E-state index contributed by atoms with van der Waals surface area (Å²) in [5.74, 6) is 2.43. The van der Waals surface area contributed by atoms with Crippen LogP contribution in [0.25, 0.3) is 6.08 Å². The fourth-order valence-electron chi connectivity index (χ4n) is 3.92. The van der Waals surface area contributed by atoms with Gasteiger partial charge in [-0.3, -0.25) is 9.69 Å². The minimum atomic E-state index is -0.259. The summed E-state index contributed by atoms with van der Waals surface area (Å²) in [4.78, 5) is 25.7. The van der Waals surface area contributed by atoms with E-state index in [2.05, 4.69) is 49.4 Å². The van der Waals surface area contributed by atoms with Crippen molar-refractivity contribution in [3.05, 3.63) is 78.1 Å². The van der Waals surface area contributed by atoms with E-state index in [-0.39, 0.29) is 12.7 Å². The molecule has 0 unspecified atom stereocenters. The van der Waals surface area contributed by atoms with Crippen molar-refractivity contribution >= 4 is 23.6 Å². The fraction of sp³-hybridized carbons (Fsp3) is 0.240. The lowest BCUT2D eigenvalue weighted by Crippen LogP contribution is -2.46. The summed E-state index contributed by atoms with van der Waals surface area (Å²) in [5, 5.41) is 2.82. The van der Waals surface area contributed by atoms with Crippen LogP contribution in [0.15, 0.2) is 67.0 Å². The highest BCUT2D eigenvalue weighted by molar-refractivity contribution is 6.01. The van der Waals surface area contributed by atoms with Gasteiger partial charge in [0.25, 0.3) is 0 Å². The number of anilines is 2. The van der Waals surface area contributed by atoms with Gasteiger partial charge in [-0.15, -0.1) is 0 Å². The molecule has 1 N–H and O–H groups in total. The van der Waals surface area contributed by atoms with E-state index in [1.807, 2.05) is 30.3 Å². The van der Waals surface area contributed by atoms with Crippen LogP contribution in [0.4, 0.5) is 11.6 Å². The average Bonchev–Trinajstić information content (AvgIpc) is 3.32. The molecule has 2 aliphatic heterocycles. The Morgan fingerprint density at radius 1 is 0.970 bits per heavy atom. The van der Waals surface area contributed by atoms with E-state index >= 15 is 0 Å². The molecule has 8 nitrogen and oxygen atoms in total. The van der Waals surface area contributed by atoms with E-state index in [4.69, 9.17) is 9.47 Å². The Balaban J connectivity index is 1.15. The first-order chi connectivity index (χ1) is 16.2. The molecule has 2 aliphatic rings. The summed E-state index contributed by atoms with van der Waals surface area (Å²) in [5.41, 5.74) is 2.18. The van der Waals surface area contributed by atoms with Crippen LogP contribution < -0.4 is 19.7 Å². The Hall–Kier alpha value is -3.91. The molecule has 33 heavy (non-hydrogen) atoms. The van der Waals surface area contributed by atoms with Crippen molar-refractivity contribution < 1.29 is 14.3 Å². The summed E-state index contributed by atoms with van der Waals surface area (Å²) in [6.07, 6.45) is 4.69. The Labute approximate surface area is 192 Å². The maximum Gasteiger partial charge on any atom is 0.249 e. The molecule has 1 saturated heterocycles. The van der Waals surface area contributed by atoms with Gasteiger partial charge in [0.1, 0.15) is 18.0 Å². The van der Waals surface area contributed by atoms with E-state index in [1.165, 1.54) is 18.0 Å². The molecule has 0 saturated carbocycles. The highest BCUT2D eigenvalue weighted by atomic mass is 16.7. The molecule has 8 heteroatoms. The number of piperazine rings is 1. The van der Waals surface area contributed by atoms with Crippen LogP contribution in [-0.2, 0) is 11.3 Å². The molecule has 5 rings (SSSR count). The zero-order chi connectivity index (χ0) is 22.5. The Bertz CT molecular complexity index is 1140. The number of carbonyl (C=O) groups excluding carboxylic acids is 1. The molecule has 0 bridgehead atoms. The molecular weight excluding hydrogens is 418 g/mol. The first-order valence-corrected chi connectivity index (χ1v) is 10.9. The van der Waals surface area contributed by atoms with Crippen LogP contribution in [0.5, 0.6) is 11.5 Å². The van der Waals surface area contributed by atoms with Gasteiger partial charge in [0, 0.05) is 44.9 Å². The number of nitrogens with zero attached hydrogens (tertiary/aromatic N) is 4. The summed E-state index contributed by atoms with van der Waals surface area (Å²) < 4.78 is 10.7. The van der Waals surface area contributed by atoms with Gasteiger partial charge in [0.2, 0.25) is 12.7 Å². The summed E-state index contributed by atoms with van der Waals surface area (Å²) in [6.45, 7) is 4.84. The third-order valence-electron chi connectivity index (χ3n) is 5.67. The predicted molar refractivity (Wildman–Crippen MR) is 126 cm³/mol. The number of hydrogen-bond donors (Lipinski definition) is 1. The Morgan fingerprint density at radius 3 is 2.64 bits per heavy atom. The molecule has 3 aromatic rings. The highest BCUT2D eigenvalue weighted by Gasteiger charge is 2.19. The number of aromatic nitrogens is 2. The van der Waals surface area contributed by atoms with Gasteiger partial charge in [-0.05, 0) is 29.3 Å². The number of benzene rings is 2. The van der Waals surface area contributed by atoms with Crippen molar-refractivity contribution in [1.82, 2.24) is 14.9 Å². The van der Waals surface area contributed by atoms with Gasteiger partial charge in [0.15, 0.2) is 11.5 Å². The number of amides is 1. The van der Waals surface area contributed by atoms with Crippen molar-refractivity contribution in [2.45, 2.75) is 6.54 Å². The lowest BCUT2D eigenvalue weighted by Gasteiger charge is -2.35. The zero-order valence-corrected chi connectivity index (χ0v) is 18.2. The van der Waals surface area contributed by atoms with Gasteiger partial charge in [-0.2, -0.15) is 0 Å². The topological polar surface area (TPSA) is 79.8 Å². The number of carbonyl (C=O) groups is 1. The second-order valence-corrected chi connectivity index (χ2v) is 7.95. The average molecular weight is 444 g/mol. The molecule has 0 spiro atoms. The molecular formula is C25H25N5O3. The molecule has 1 fully saturated rings. The largest absolute Gasteiger partial charge is 0.454 e. The standard InChI is InChI=1S/C25H25N5O3/c31-25(9-7-19-6-8-21-22(14-19)33-18-32-21)28-23-15-24(27-17-26-23)30-12-10-29(11-13-30)16-20-4-2-1-3-5-20/h1-9,14-15,17H,10-13,16,18H2,(H,26,27,28,31)/b9-7+. The molecule has 3 heterocycles. The lowest BCUT2D eigenvalue weighted by molar-refractivity contribution is -0.111. The highest BCUT2D eigenvalue weighted by Crippen LogP contribution is 2.32. The normalized spacial score (nSPS) is 15.7. The molecule has 0 radical (unpaired) electrons. The third kappa shape index (κ3) is 5.30. The number of hydrogen-bond acceptors (Lipinski definition) is 7. The minimum Gasteiger partial charge on any atom is -0.454 e. The summed E-state index contributed by atoms with van der Waals surface area (Å²) >= 11 is 0. The zero-order valence-electron chi connectivity index (χ0n) is 18.2. The quantitative estimate of drug-likeness (QED) is 0.586. The van der Waals surface area contributed by atoms with Crippen molar-refractivity contribution in [3.63, 3.8) is 0 Å². The number of fused-ring (bicyclic) bond motifs is 1. The van der Waals surface area contributed by atoms with E-state index in [0.29, 0.717) is 17.3 Å². The Morgan fingerprint density at radius 2 is 1.79 bits per heavy atom. The molecule has 0 aliphatic carbocycles. The van der Waals surface area contributed by atoms with Gasteiger partial charge in [0.05, 0.1) is 0 Å². The SMILES string of the molecule is O=C(/C=C/c1ccc2c(c1)OCO2)Nc1cc(N2CCN(Cc3ccccc3)CC2)ncn1. The van der Waals surface area contributed by atoms with Crippen molar-refractivity contribution in [3.8, 4) is 11.5 Å². The van der Waals surface area contributed by atoms with Crippen LogP contribution in [0, 0.1) is 0 Å². The first-order valence-electron chi connectivity index (χ1n) is 10.9. The van der Waals surface area contributed by atoms with Gasteiger partial charge in [-0.25, -0.2) is 9.97 Å². The van der Waals surface area contributed by atoms with Gasteiger partial charge >= 0.3 is 0 Å². The monoisotopic (exact) mass is 443 g/mol. The molecule has 1 aromatic heterocycles. The van der Waals surface area contributed by atoms with Crippen LogP contribution in [0.2, 0.25) is 0 Å². The number of nitrogens with one attached hydrogen (secondary N) is 1. The lowest BCUT2D eigenvalue weighted by atomic mass is 10.2. The predicted octanol–water partition coefficient (Wildman–Crippen LogP) is 3.18. The van der Waals surface area contributed by atoms with E-state index < -0.39 is 0 Å². The van der Waals surface area contributed by atoms with Gasteiger partial charge < -0.3 is 19.7 Å². The maximum atomic E-state index is 12.4. The first kappa shape index (κ1) is 21.0. The van der Waals surface area contributed by atoms with Crippen molar-refractivity contribution in [1.29, 1.82) is 0 Å². The smallest absolute Gasteiger partial charge is 0.249 e. The second kappa shape index (κ2) is 9.70.